The van der Waals surface area contributed by atoms with Crippen LogP contribution < -0.4 is 5.32 Å². The Labute approximate surface area is 192 Å². The average molecular weight is 489 g/mol. The molecule has 0 radical (unpaired) electrons. The molecular weight excluding hydrogens is 472 g/mol. The smallest absolute Gasteiger partial charge is 0.279 e. The molecule has 1 atom stereocenters. The summed E-state index contributed by atoms with van der Waals surface area (Å²) in [6, 6.07) is 13.8. The molecule has 0 aliphatic carbocycles. The van der Waals surface area contributed by atoms with E-state index in [1.54, 1.807) is 28.9 Å². The van der Waals surface area contributed by atoms with Crippen molar-refractivity contribution in [2.45, 2.75) is 12.5 Å². The monoisotopic (exact) mass is 488 g/mol. The van der Waals surface area contributed by atoms with E-state index in [1.165, 1.54) is 11.3 Å². The van der Waals surface area contributed by atoms with Crippen LogP contribution in [0.3, 0.4) is 0 Å². The number of hydrogen-bond acceptors (Lipinski definition) is 7. The van der Waals surface area contributed by atoms with Crippen LogP contribution in [0, 0.1) is 0 Å². The summed E-state index contributed by atoms with van der Waals surface area (Å²) >= 11 is 7.46. The Hall–Kier alpha value is -2.95. The molecule has 11 heteroatoms. The summed E-state index contributed by atoms with van der Waals surface area (Å²) in [7, 11) is -3.14. The van der Waals surface area contributed by atoms with Gasteiger partial charge in [-0.3, -0.25) is 4.79 Å². The van der Waals surface area contributed by atoms with Crippen molar-refractivity contribution < 1.29 is 17.7 Å². The van der Waals surface area contributed by atoms with Gasteiger partial charge in [-0.15, -0.1) is 11.3 Å². The van der Waals surface area contributed by atoms with Crippen molar-refractivity contribution in [3.05, 3.63) is 64.6 Å². The SMILES string of the molecule is O=C(Nc1cc(-c2ccc(Cl)cc2)nn1[C@@H]1CCS(=O)(=O)C1)c1cc(-c2cccs2)on1. The summed E-state index contributed by atoms with van der Waals surface area (Å²) in [5, 5.41) is 13.8. The number of aromatic nitrogens is 3. The first kappa shape index (κ1) is 20.9. The van der Waals surface area contributed by atoms with Gasteiger partial charge in [0, 0.05) is 22.7 Å². The topological polar surface area (TPSA) is 107 Å². The lowest BCUT2D eigenvalue weighted by atomic mass is 10.1. The molecule has 0 spiro atoms. The molecule has 1 amide bonds. The zero-order valence-corrected chi connectivity index (χ0v) is 19.0. The van der Waals surface area contributed by atoms with Crippen molar-refractivity contribution >= 4 is 44.5 Å². The van der Waals surface area contributed by atoms with Gasteiger partial charge in [0.25, 0.3) is 5.91 Å². The van der Waals surface area contributed by atoms with E-state index < -0.39 is 15.7 Å². The predicted molar refractivity (Wildman–Crippen MR) is 123 cm³/mol. The third-order valence-electron chi connectivity index (χ3n) is 5.18. The molecule has 32 heavy (non-hydrogen) atoms. The van der Waals surface area contributed by atoms with Crippen LogP contribution in [0.15, 0.2) is 58.4 Å². The third-order valence-corrected chi connectivity index (χ3v) is 8.07. The van der Waals surface area contributed by atoms with Crippen molar-refractivity contribution in [3.8, 4) is 21.9 Å². The normalized spacial score (nSPS) is 17.5. The number of benzene rings is 1. The van der Waals surface area contributed by atoms with Crippen molar-refractivity contribution in [1.82, 2.24) is 14.9 Å². The van der Waals surface area contributed by atoms with E-state index >= 15 is 0 Å². The maximum Gasteiger partial charge on any atom is 0.279 e. The van der Waals surface area contributed by atoms with Gasteiger partial charge in [-0.1, -0.05) is 35.0 Å². The molecule has 0 bridgehead atoms. The summed E-state index contributed by atoms with van der Waals surface area (Å²) in [6.45, 7) is 0. The maximum atomic E-state index is 12.9. The molecule has 5 rings (SSSR count). The maximum absolute atomic E-state index is 12.9. The lowest BCUT2D eigenvalue weighted by Gasteiger charge is -2.13. The Kier molecular flexibility index (Phi) is 5.36. The van der Waals surface area contributed by atoms with Crippen molar-refractivity contribution in [2.75, 3.05) is 16.8 Å². The van der Waals surface area contributed by atoms with Gasteiger partial charge in [-0.2, -0.15) is 5.10 Å². The summed E-state index contributed by atoms with van der Waals surface area (Å²) < 4.78 is 30.9. The number of hydrogen-bond donors (Lipinski definition) is 1. The van der Waals surface area contributed by atoms with Gasteiger partial charge in [-0.05, 0) is 30.0 Å². The van der Waals surface area contributed by atoms with Gasteiger partial charge in [0.05, 0.1) is 28.1 Å². The fourth-order valence-corrected chi connectivity index (χ4v) is 6.08. The number of carbonyl (C=O) groups excluding carboxylic acids is 1. The predicted octanol–water partition coefficient (Wildman–Crippen LogP) is 4.53. The summed E-state index contributed by atoms with van der Waals surface area (Å²) in [5.41, 5.74) is 1.51. The zero-order chi connectivity index (χ0) is 22.3. The van der Waals surface area contributed by atoms with E-state index in [1.807, 2.05) is 29.6 Å². The molecule has 1 fully saturated rings. The molecule has 1 N–H and O–H groups in total. The molecule has 4 aromatic rings. The largest absolute Gasteiger partial charge is 0.355 e. The average Bonchev–Trinajstić information content (AvgIpc) is 3.54. The molecule has 8 nitrogen and oxygen atoms in total. The summed E-state index contributed by atoms with van der Waals surface area (Å²) in [5.74, 6) is 0.491. The molecule has 4 heterocycles. The molecule has 0 saturated carbocycles. The lowest BCUT2D eigenvalue weighted by molar-refractivity contribution is 0.101. The van der Waals surface area contributed by atoms with Crippen LogP contribution in [0.4, 0.5) is 5.82 Å². The van der Waals surface area contributed by atoms with E-state index in [4.69, 9.17) is 16.1 Å². The summed E-state index contributed by atoms with van der Waals surface area (Å²) in [4.78, 5) is 13.7. The number of thiophene rings is 1. The molecule has 0 unspecified atom stereocenters. The highest BCUT2D eigenvalue weighted by molar-refractivity contribution is 7.91. The van der Waals surface area contributed by atoms with Gasteiger partial charge >= 0.3 is 0 Å². The molecule has 1 saturated heterocycles. The van der Waals surface area contributed by atoms with Crippen LogP contribution in [0.2, 0.25) is 5.02 Å². The molecule has 164 valence electrons. The van der Waals surface area contributed by atoms with E-state index in [0.29, 0.717) is 28.7 Å². The number of anilines is 1. The molecule has 1 aliphatic heterocycles. The molecule has 1 aromatic carbocycles. The van der Waals surface area contributed by atoms with Crippen LogP contribution in [0.25, 0.3) is 21.9 Å². The number of halogens is 1. The van der Waals surface area contributed by atoms with Crippen LogP contribution in [0.5, 0.6) is 0 Å². The highest BCUT2D eigenvalue weighted by atomic mass is 35.5. The second-order valence-electron chi connectivity index (χ2n) is 7.43. The number of carbonyl (C=O) groups is 1. The fraction of sp³-hybridized carbons (Fsp3) is 0.190. The Bertz CT molecular complexity index is 1380. The quantitative estimate of drug-likeness (QED) is 0.442. The molecule has 1 aliphatic rings. The van der Waals surface area contributed by atoms with Gasteiger partial charge in [0.2, 0.25) is 0 Å². The first-order valence-electron chi connectivity index (χ1n) is 9.76. The van der Waals surface area contributed by atoms with Crippen LogP contribution >= 0.6 is 22.9 Å². The summed E-state index contributed by atoms with van der Waals surface area (Å²) in [6.07, 6.45) is 0.430. The number of amides is 1. The lowest BCUT2D eigenvalue weighted by Crippen LogP contribution is -2.19. The van der Waals surface area contributed by atoms with Crippen molar-refractivity contribution in [2.24, 2.45) is 0 Å². The van der Waals surface area contributed by atoms with E-state index in [-0.39, 0.29) is 23.2 Å². The number of nitrogens with one attached hydrogen (secondary N) is 1. The molecule has 3 aromatic heterocycles. The van der Waals surface area contributed by atoms with Crippen LogP contribution in [-0.4, -0.2) is 40.8 Å². The Balaban J connectivity index is 1.46. The highest BCUT2D eigenvalue weighted by Gasteiger charge is 2.32. The zero-order valence-electron chi connectivity index (χ0n) is 16.6. The van der Waals surface area contributed by atoms with Crippen LogP contribution in [0.1, 0.15) is 23.0 Å². The van der Waals surface area contributed by atoms with E-state index in [2.05, 4.69) is 15.6 Å². The number of rotatable bonds is 5. The Morgan fingerprint density at radius 1 is 1.22 bits per heavy atom. The number of nitrogens with zero attached hydrogens (tertiary/aromatic N) is 3. The Morgan fingerprint density at radius 3 is 2.72 bits per heavy atom. The first-order valence-corrected chi connectivity index (χ1v) is 12.8. The minimum atomic E-state index is -3.14. The van der Waals surface area contributed by atoms with Gasteiger partial charge in [-0.25, -0.2) is 13.1 Å². The van der Waals surface area contributed by atoms with Gasteiger partial charge in [0.1, 0.15) is 5.82 Å². The van der Waals surface area contributed by atoms with E-state index in [9.17, 15) is 13.2 Å². The minimum Gasteiger partial charge on any atom is -0.355 e. The second-order valence-corrected chi connectivity index (χ2v) is 11.0. The van der Waals surface area contributed by atoms with Crippen LogP contribution in [-0.2, 0) is 9.84 Å². The Morgan fingerprint density at radius 2 is 2.03 bits per heavy atom. The first-order chi connectivity index (χ1) is 15.4. The number of sulfone groups is 1. The van der Waals surface area contributed by atoms with Crippen molar-refractivity contribution in [3.63, 3.8) is 0 Å². The minimum absolute atomic E-state index is 0.0237. The van der Waals surface area contributed by atoms with Gasteiger partial charge < -0.3 is 9.84 Å². The highest BCUT2D eigenvalue weighted by Crippen LogP contribution is 2.31. The fourth-order valence-electron chi connectivity index (χ4n) is 3.59. The van der Waals surface area contributed by atoms with Gasteiger partial charge in [0.15, 0.2) is 21.3 Å². The standard InChI is InChI=1S/C21H17ClN4O4S2/c22-14-5-3-13(4-6-14)16-11-20(26(24-16)15-7-9-32(28,29)12-15)23-21(27)17-10-18(30-25-17)19-2-1-8-31-19/h1-6,8,10-11,15H,7,9,12H2,(H,23,27)/t15-/m1/s1. The molecular formula is C21H17ClN4O4S2. The van der Waals surface area contributed by atoms with E-state index in [0.717, 1.165) is 10.4 Å². The second kappa shape index (κ2) is 8.19. The third kappa shape index (κ3) is 4.21. The van der Waals surface area contributed by atoms with Crippen molar-refractivity contribution in [1.29, 1.82) is 0 Å².